The minimum Gasteiger partial charge on any atom is -0.396 e. The fourth-order valence-corrected chi connectivity index (χ4v) is 4.06. The highest BCUT2D eigenvalue weighted by atomic mass is 35.5. The first-order valence-electron chi connectivity index (χ1n) is 6.48. The summed E-state index contributed by atoms with van der Waals surface area (Å²) in [6.07, 6.45) is 2.85. The first-order valence-corrected chi connectivity index (χ1v) is 8.90. The molecule has 0 atom stereocenters. The van der Waals surface area contributed by atoms with Gasteiger partial charge in [0.15, 0.2) is 5.78 Å². The Morgan fingerprint density at radius 1 is 1.38 bits per heavy atom. The van der Waals surface area contributed by atoms with E-state index in [0.717, 1.165) is 27.9 Å². The number of nitrogens with two attached hydrogens (primary N) is 1. The van der Waals surface area contributed by atoms with E-state index >= 15 is 0 Å². The van der Waals surface area contributed by atoms with Crippen molar-refractivity contribution in [2.75, 3.05) is 23.9 Å². The molecule has 3 nitrogen and oxygen atoms in total. The van der Waals surface area contributed by atoms with Crippen LogP contribution in [0.1, 0.15) is 22.2 Å². The van der Waals surface area contributed by atoms with Crippen LogP contribution in [-0.4, -0.2) is 18.6 Å². The Kier molecular flexibility index (Phi) is 5.56. The van der Waals surface area contributed by atoms with Gasteiger partial charge in [-0.05, 0) is 30.4 Å². The summed E-state index contributed by atoms with van der Waals surface area (Å²) in [4.78, 5) is 13.1. The zero-order valence-electron chi connectivity index (χ0n) is 11.9. The summed E-state index contributed by atoms with van der Waals surface area (Å²) in [7, 11) is 0. The molecular formula is C15H17ClN2OS2. The first kappa shape index (κ1) is 16.2. The Morgan fingerprint density at radius 2 is 2.05 bits per heavy atom. The van der Waals surface area contributed by atoms with E-state index in [-0.39, 0.29) is 5.78 Å². The second kappa shape index (κ2) is 7.20. The Hall–Kier alpha value is -1.17. The largest absolute Gasteiger partial charge is 0.396 e. The minimum atomic E-state index is 0.0125. The summed E-state index contributed by atoms with van der Waals surface area (Å²) in [6.45, 7) is 2.33. The molecule has 2 aromatic rings. The van der Waals surface area contributed by atoms with Gasteiger partial charge in [-0.25, -0.2) is 0 Å². The fourth-order valence-electron chi connectivity index (χ4n) is 1.98. The van der Waals surface area contributed by atoms with Crippen LogP contribution in [0.5, 0.6) is 0 Å². The molecule has 0 unspecified atom stereocenters. The summed E-state index contributed by atoms with van der Waals surface area (Å²) in [6, 6.07) is 7.81. The quantitative estimate of drug-likeness (QED) is 0.597. The van der Waals surface area contributed by atoms with Crippen molar-refractivity contribution in [2.45, 2.75) is 18.2 Å². The molecule has 0 fully saturated rings. The molecule has 0 radical (unpaired) electrons. The molecule has 1 aromatic heterocycles. The summed E-state index contributed by atoms with van der Waals surface area (Å²) in [5, 5.41) is 5.09. The highest BCUT2D eigenvalue weighted by molar-refractivity contribution is 7.99. The minimum absolute atomic E-state index is 0.0125. The van der Waals surface area contributed by atoms with Crippen molar-refractivity contribution in [3.05, 3.63) is 39.7 Å². The maximum atomic E-state index is 11.6. The van der Waals surface area contributed by atoms with Crippen molar-refractivity contribution in [2.24, 2.45) is 0 Å². The van der Waals surface area contributed by atoms with Gasteiger partial charge in [-0.3, -0.25) is 4.79 Å². The summed E-state index contributed by atoms with van der Waals surface area (Å²) in [5.41, 5.74) is 7.84. The highest BCUT2D eigenvalue weighted by Crippen LogP contribution is 2.41. The second-order valence-electron chi connectivity index (χ2n) is 4.57. The third-order valence-corrected chi connectivity index (χ3v) is 5.51. The number of hydrogen-bond donors (Lipinski definition) is 2. The number of rotatable bonds is 6. The highest BCUT2D eigenvalue weighted by Gasteiger charge is 2.17. The topological polar surface area (TPSA) is 55.1 Å². The third-order valence-electron chi connectivity index (χ3n) is 3.04. The molecule has 112 valence electrons. The van der Waals surface area contributed by atoms with Gasteiger partial charge in [0.25, 0.3) is 0 Å². The van der Waals surface area contributed by atoms with E-state index in [4.69, 9.17) is 17.3 Å². The fraction of sp³-hybridized carbons (Fsp3) is 0.267. The molecule has 1 aromatic carbocycles. The number of Topliss-reactive ketones (excluding diaryl/α,β-unsaturated/α-hetero) is 1. The lowest BCUT2D eigenvalue weighted by Gasteiger charge is -2.06. The molecule has 0 bridgehead atoms. The van der Waals surface area contributed by atoms with Crippen LogP contribution in [0.25, 0.3) is 0 Å². The number of anilines is 2. The SMILES string of the molecule is CSc1c(NCCc2ccc(Cl)cc2)sc(C(C)=O)c1N. The van der Waals surface area contributed by atoms with E-state index in [2.05, 4.69) is 5.32 Å². The number of thiophene rings is 1. The predicted molar refractivity (Wildman–Crippen MR) is 94.2 cm³/mol. The molecule has 3 N–H and O–H groups in total. The Labute approximate surface area is 137 Å². The molecule has 0 saturated heterocycles. The van der Waals surface area contributed by atoms with Crippen LogP contribution in [0.4, 0.5) is 10.7 Å². The predicted octanol–water partition coefficient (Wildman–Crippen LogP) is 4.56. The number of nitrogens with one attached hydrogen (secondary N) is 1. The second-order valence-corrected chi connectivity index (χ2v) is 6.84. The number of hydrogen-bond acceptors (Lipinski definition) is 5. The van der Waals surface area contributed by atoms with E-state index < -0.39 is 0 Å². The van der Waals surface area contributed by atoms with E-state index in [1.165, 1.54) is 16.9 Å². The zero-order valence-corrected chi connectivity index (χ0v) is 14.3. The number of nitrogen functional groups attached to an aromatic ring is 1. The van der Waals surface area contributed by atoms with Crippen LogP contribution in [0.15, 0.2) is 29.2 Å². The van der Waals surface area contributed by atoms with E-state index in [0.29, 0.717) is 10.6 Å². The molecule has 0 aliphatic heterocycles. The maximum absolute atomic E-state index is 11.6. The number of benzene rings is 1. The van der Waals surface area contributed by atoms with Crippen molar-refractivity contribution in [1.29, 1.82) is 0 Å². The van der Waals surface area contributed by atoms with Gasteiger partial charge in [0, 0.05) is 18.5 Å². The number of ketones is 1. The lowest BCUT2D eigenvalue weighted by Crippen LogP contribution is -2.04. The number of carbonyl (C=O) groups excluding carboxylic acids is 1. The van der Waals surface area contributed by atoms with Crippen LogP contribution in [0, 0.1) is 0 Å². The first-order chi connectivity index (χ1) is 10.0. The number of thioether (sulfide) groups is 1. The van der Waals surface area contributed by atoms with Crippen LogP contribution >= 0.6 is 34.7 Å². The average Bonchev–Trinajstić information content (AvgIpc) is 2.77. The molecule has 0 aliphatic rings. The number of halogens is 1. The Balaban J connectivity index is 2.04. The van der Waals surface area contributed by atoms with Crippen LogP contribution in [0.2, 0.25) is 5.02 Å². The standard InChI is InChI=1S/C15H17ClN2OS2/c1-9(19)13-12(17)14(20-2)15(21-13)18-8-7-10-3-5-11(16)6-4-10/h3-6,18H,7-8,17H2,1-2H3. The molecule has 2 rings (SSSR count). The van der Waals surface area contributed by atoms with Crippen molar-refractivity contribution in [3.63, 3.8) is 0 Å². The van der Waals surface area contributed by atoms with Gasteiger partial charge in [-0.2, -0.15) is 0 Å². The normalized spacial score (nSPS) is 10.6. The zero-order chi connectivity index (χ0) is 15.4. The summed E-state index contributed by atoms with van der Waals surface area (Å²) in [5.74, 6) is 0.0125. The van der Waals surface area contributed by atoms with Gasteiger partial charge in [0.1, 0.15) is 5.00 Å². The molecule has 0 spiro atoms. The molecule has 6 heteroatoms. The lowest BCUT2D eigenvalue weighted by atomic mass is 10.1. The average molecular weight is 341 g/mol. The maximum Gasteiger partial charge on any atom is 0.171 e. The molecule has 21 heavy (non-hydrogen) atoms. The van der Waals surface area contributed by atoms with Crippen molar-refractivity contribution >= 4 is 51.2 Å². The monoisotopic (exact) mass is 340 g/mol. The Morgan fingerprint density at radius 3 is 2.62 bits per heavy atom. The van der Waals surface area contributed by atoms with Crippen LogP contribution in [-0.2, 0) is 6.42 Å². The Bertz CT molecular complexity index is 638. The van der Waals surface area contributed by atoms with Gasteiger partial charge >= 0.3 is 0 Å². The van der Waals surface area contributed by atoms with Crippen molar-refractivity contribution < 1.29 is 4.79 Å². The molecule has 0 amide bonds. The van der Waals surface area contributed by atoms with Crippen molar-refractivity contribution in [3.8, 4) is 0 Å². The van der Waals surface area contributed by atoms with Crippen LogP contribution < -0.4 is 11.1 Å². The van der Waals surface area contributed by atoms with Crippen molar-refractivity contribution in [1.82, 2.24) is 0 Å². The van der Waals surface area contributed by atoms with Gasteiger partial charge < -0.3 is 11.1 Å². The lowest BCUT2D eigenvalue weighted by molar-refractivity contribution is 0.102. The van der Waals surface area contributed by atoms with Gasteiger partial charge in [0.05, 0.1) is 15.5 Å². The third kappa shape index (κ3) is 3.93. The molecule has 0 aliphatic carbocycles. The number of carbonyl (C=O) groups is 1. The van der Waals surface area contributed by atoms with E-state index in [1.807, 2.05) is 30.5 Å². The van der Waals surface area contributed by atoms with Gasteiger partial charge in [-0.1, -0.05) is 23.7 Å². The van der Waals surface area contributed by atoms with E-state index in [9.17, 15) is 4.79 Å². The molecule has 1 heterocycles. The van der Waals surface area contributed by atoms with E-state index in [1.54, 1.807) is 18.7 Å². The van der Waals surface area contributed by atoms with Crippen LogP contribution in [0.3, 0.4) is 0 Å². The molecular weight excluding hydrogens is 324 g/mol. The summed E-state index contributed by atoms with van der Waals surface area (Å²) >= 11 is 8.86. The molecule has 0 saturated carbocycles. The van der Waals surface area contributed by atoms with Gasteiger partial charge in [0.2, 0.25) is 0 Å². The van der Waals surface area contributed by atoms with Gasteiger partial charge in [-0.15, -0.1) is 23.1 Å². The smallest absolute Gasteiger partial charge is 0.171 e. The summed E-state index contributed by atoms with van der Waals surface area (Å²) < 4.78 is 0.